The minimum Gasteiger partial charge on any atom is -0.378 e. The van der Waals surface area contributed by atoms with Gasteiger partial charge in [0.2, 0.25) is 0 Å². The van der Waals surface area contributed by atoms with Gasteiger partial charge in [-0.2, -0.15) is 5.26 Å². The number of rotatable bonds is 3. The molecule has 0 aromatic heterocycles. The maximum atomic E-state index is 13.6. The second-order valence-electron chi connectivity index (χ2n) is 3.86. The molecule has 2 rings (SSSR count). The lowest BCUT2D eigenvalue weighted by atomic mass is 10.1. The van der Waals surface area contributed by atoms with Crippen molar-refractivity contribution in [3.05, 3.63) is 65.0 Å². The lowest BCUT2D eigenvalue weighted by molar-refractivity contribution is 0.558. The number of hydrogen-bond acceptors (Lipinski definition) is 2. The molecule has 0 aliphatic carbocycles. The molecule has 1 N–H and O–H groups in total. The summed E-state index contributed by atoms with van der Waals surface area (Å²) in [6.07, 6.45) is 0. The Morgan fingerprint density at radius 1 is 1.00 bits per heavy atom. The second-order valence-corrected chi connectivity index (χ2v) is 3.86. The van der Waals surface area contributed by atoms with Crippen molar-refractivity contribution in [1.29, 1.82) is 5.26 Å². The molecule has 0 saturated heterocycles. The highest BCUT2D eigenvalue weighted by Gasteiger charge is 2.11. The van der Waals surface area contributed by atoms with E-state index in [4.69, 9.17) is 5.26 Å². The standard InChI is InChI=1S/C14H9F3N2/c15-11-3-1-2-4-14(11)19-8-10-12(16)5-9(7-18)6-13(10)17/h1-6,19H,8H2. The highest BCUT2D eigenvalue weighted by molar-refractivity contribution is 5.45. The fraction of sp³-hybridized carbons (Fsp3) is 0.0714. The van der Waals surface area contributed by atoms with E-state index < -0.39 is 17.5 Å². The number of nitrogens with zero attached hydrogens (tertiary/aromatic N) is 1. The third kappa shape index (κ3) is 2.86. The van der Waals surface area contributed by atoms with Crippen molar-refractivity contribution in [2.24, 2.45) is 0 Å². The van der Waals surface area contributed by atoms with Gasteiger partial charge >= 0.3 is 0 Å². The van der Waals surface area contributed by atoms with Crippen molar-refractivity contribution in [3.8, 4) is 6.07 Å². The quantitative estimate of drug-likeness (QED) is 0.917. The Morgan fingerprint density at radius 3 is 2.21 bits per heavy atom. The Bertz CT molecular complexity index is 624. The molecule has 0 aliphatic rings. The first-order valence-corrected chi connectivity index (χ1v) is 5.48. The Kier molecular flexibility index (Phi) is 3.71. The van der Waals surface area contributed by atoms with Gasteiger partial charge in [0.1, 0.15) is 17.5 Å². The molecular formula is C14H9F3N2. The largest absolute Gasteiger partial charge is 0.378 e. The molecule has 0 aliphatic heterocycles. The summed E-state index contributed by atoms with van der Waals surface area (Å²) in [7, 11) is 0. The van der Waals surface area contributed by atoms with Crippen LogP contribution < -0.4 is 5.32 Å². The van der Waals surface area contributed by atoms with E-state index in [2.05, 4.69) is 5.32 Å². The number of nitrogens with one attached hydrogen (secondary N) is 1. The van der Waals surface area contributed by atoms with Gasteiger partial charge in [-0.1, -0.05) is 12.1 Å². The summed E-state index contributed by atoms with van der Waals surface area (Å²) < 4.78 is 40.5. The van der Waals surface area contributed by atoms with Crippen molar-refractivity contribution >= 4 is 5.69 Å². The average molecular weight is 262 g/mol. The van der Waals surface area contributed by atoms with Gasteiger partial charge in [-0.15, -0.1) is 0 Å². The molecule has 2 aromatic carbocycles. The van der Waals surface area contributed by atoms with Gasteiger partial charge in [0.15, 0.2) is 0 Å². The molecule has 0 radical (unpaired) electrons. The second kappa shape index (κ2) is 5.44. The van der Waals surface area contributed by atoms with Gasteiger partial charge in [0.05, 0.1) is 17.3 Å². The van der Waals surface area contributed by atoms with Gasteiger partial charge in [-0.05, 0) is 24.3 Å². The molecule has 5 heteroatoms. The molecular weight excluding hydrogens is 253 g/mol. The van der Waals surface area contributed by atoms with Crippen molar-refractivity contribution in [2.75, 3.05) is 5.32 Å². The average Bonchev–Trinajstić information content (AvgIpc) is 2.39. The highest BCUT2D eigenvalue weighted by Crippen LogP contribution is 2.18. The lowest BCUT2D eigenvalue weighted by Gasteiger charge is -2.09. The van der Waals surface area contributed by atoms with Crippen LogP contribution in [-0.4, -0.2) is 0 Å². The molecule has 0 heterocycles. The van der Waals surface area contributed by atoms with E-state index in [0.29, 0.717) is 0 Å². The zero-order valence-corrected chi connectivity index (χ0v) is 9.75. The predicted octanol–water partition coefficient (Wildman–Crippen LogP) is 3.59. The fourth-order valence-corrected chi connectivity index (χ4v) is 1.62. The van der Waals surface area contributed by atoms with Crippen LogP contribution in [0, 0.1) is 28.8 Å². The molecule has 0 fully saturated rings. The molecule has 96 valence electrons. The van der Waals surface area contributed by atoms with Gasteiger partial charge in [0.25, 0.3) is 0 Å². The first-order chi connectivity index (χ1) is 9.11. The predicted molar refractivity (Wildman–Crippen MR) is 64.8 cm³/mol. The van der Waals surface area contributed by atoms with Crippen LogP contribution in [0.4, 0.5) is 18.9 Å². The third-order valence-electron chi connectivity index (χ3n) is 2.60. The number of anilines is 1. The fourth-order valence-electron chi connectivity index (χ4n) is 1.62. The zero-order chi connectivity index (χ0) is 13.8. The Labute approximate surface area is 108 Å². The summed E-state index contributed by atoms with van der Waals surface area (Å²) in [5, 5.41) is 11.2. The van der Waals surface area contributed by atoms with Crippen LogP contribution in [0.25, 0.3) is 0 Å². The Morgan fingerprint density at radius 2 is 1.63 bits per heavy atom. The summed E-state index contributed by atoms with van der Waals surface area (Å²) in [6, 6.07) is 9.39. The minimum absolute atomic E-state index is 0.0929. The van der Waals surface area contributed by atoms with E-state index >= 15 is 0 Å². The van der Waals surface area contributed by atoms with Crippen LogP contribution >= 0.6 is 0 Å². The van der Waals surface area contributed by atoms with E-state index in [1.807, 2.05) is 0 Å². The number of para-hydroxylation sites is 1. The van der Waals surface area contributed by atoms with Crippen LogP contribution in [0.1, 0.15) is 11.1 Å². The molecule has 0 amide bonds. The van der Waals surface area contributed by atoms with E-state index in [0.717, 1.165) is 12.1 Å². The first-order valence-electron chi connectivity index (χ1n) is 5.48. The monoisotopic (exact) mass is 262 g/mol. The minimum atomic E-state index is -0.833. The normalized spacial score (nSPS) is 10.0. The molecule has 2 nitrogen and oxygen atoms in total. The number of nitriles is 1. The molecule has 0 bridgehead atoms. The summed E-state index contributed by atoms with van der Waals surface area (Å²) in [5.41, 5.74) is -0.169. The smallest absolute Gasteiger partial charge is 0.146 e. The van der Waals surface area contributed by atoms with Crippen LogP contribution in [0.3, 0.4) is 0 Å². The van der Waals surface area contributed by atoms with Crippen molar-refractivity contribution in [2.45, 2.75) is 6.54 Å². The SMILES string of the molecule is N#Cc1cc(F)c(CNc2ccccc2F)c(F)c1. The lowest BCUT2D eigenvalue weighted by Crippen LogP contribution is -2.06. The molecule has 0 spiro atoms. The topological polar surface area (TPSA) is 35.8 Å². The van der Waals surface area contributed by atoms with E-state index in [1.54, 1.807) is 12.1 Å². The van der Waals surface area contributed by atoms with E-state index in [1.165, 1.54) is 18.2 Å². The maximum Gasteiger partial charge on any atom is 0.146 e. The Balaban J connectivity index is 2.21. The van der Waals surface area contributed by atoms with Gasteiger partial charge in [-0.25, -0.2) is 13.2 Å². The van der Waals surface area contributed by atoms with Crippen LogP contribution in [0.5, 0.6) is 0 Å². The zero-order valence-electron chi connectivity index (χ0n) is 9.75. The summed E-state index contributed by atoms with van der Waals surface area (Å²) >= 11 is 0. The maximum absolute atomic E-state index is 13.6. The van der Waals surface area contributed by atoms with Crippen molar-refractivity contribution in [1.82, 2.24) is 0 Å². The van der Waals surface area contributed by atoms with Crippen LogP contribution in [-0.2, 0) is 6.54 Å². The third-order valence-corrected chi connectivity index (χ3v) is 2.60. The van der Waals surface area contributed by atoms with Crippen molar-refractivity contribution < 1.29 is 13.2 Å². The van der Waals surface area contributed by atoms with Crippen molar-refractivity contribution in [3.63, 3.8) is 0 Å². The molecule has 0 atom stereocenters. The summed E-state index contributed by atoms with van der Waals surface area (Å²) in [5.74, 6) is -2.17. The first kappa shape index (κ1) is 13.0. The highest BCUT2D eigenvalue weighted by atomic mass is 19.1. The van der Waals surface area contributed by atoms with Crippen LogP contribution in [0.15, 0.2) is 36.4 Å². The van der Waals surface area contributed by atoms with Crippen LogP contribution in [0.2, 0.25) is 0 Å². The molecule has 19 heavy (non-hydrogen) atoms. The van der Waals surface area contributed by atoms with Gasteiger partial charge in [-0.3, -0.25) is 0 Å². The molecule has 2 aromatic rings. The van der Waals surface area contributed by atoms with E-state index in [9.17, 15) is 13.2 Å². The molecule has 0 saturated carbocycles. The van der Waals surface area contributed by atoms with E-state index in [-0.39, 0.29) is 23.4 Å². The van der Waals surface area contributed by atoms with Gasteiger partial charge < -0.3 is 5.32 Å². The number of benzene rings is 2. The summed E-state index contributed by atoms with van der Waals surface area (Å²) in [4.78, 5) is 0. The summed E-state index contributed by atoms with van der Waals surface area (Å²) in [6.45, 7) is -0.204. The Hall–Kier alpha value is -2.48. The van der Waals surface area contributed by atoms with Gasteiger partial charge in [0, 0.05) is 12.1 Å². The number of halogens is 3. The number of hydrogen-bond donors (Lipinski definition) is 1. The molecule has 0 unspecified atom stereocenters.